The van der Waals surface area contributed by atoms with Gasteiger partial charge in [0, 0.05) is 18.1 Å². The summed E-state index contributed by atoms with van der Waals surface area (Å²) in [5.74, 6) is -0.178. The average Bonchev–Trinajstić information content (AvgIpc) is 2.71. The molecule has 0 unspecified atom stereocenters. The maximum Gasteiger partial charge on any atom is 0.339 e. The molecule has 3 rings (SSSR count). The van der Waals surface area contributed by atoms with Crippen LogP contribution in [0.25, 0.3) is 10.9 Å². The lowest BCUT2D eigenvalue weighted by atomic mass is 10.1. The molecule has 2 N–H and O–H groups in total. The lowest BCUT2D eigenvalue weighted by Crippen LogP contribution is -2.18. The molecule has 7 nitrogen and oxygen atoms in total. The van der Waals surface area contributed by atoms with Crippen molar-refractivity contribution in [2.75, 3.05) is 19.5 Å². The summed E-state index contributed by atoms with van der Waals surface area (Å²) in [5, 5.41) is 3.55. The standard InChI is InChI=1S/C21H20N2O5/c1-27-15-9-7-13-11-14(20(25)23-18(13)12-15)8-10-19(24)22-17-6-4-3-5-16(17)21(26)28-2/h3-7,9,11-12H,8,10H2,1-2H3,(H,22,24)(H,23,25). The number of anilines is 1. The van der Waals surface area contributed by atoms with Crippen LogP contribution in [0, 0.1) is 0 Å². The minimum absolute atomic E-state index is 0.0975. The molecular weight excluding hydrogens is 360 g/mol. The van der Waals surface area contributed by atoms with Crippen LogP contribution in [0.3, 0.4) is 0 Å². The number of para-hydroxylation sites is 1. The topological polar surface area (TPSA) is 97.5 Å². The van der Waals surface area contributed by atoms with Crippen LogP contribution in [0.5, 0.6) is 5.75 Å². The monoisotopic (exact) mass is 380 g/mol. The van der Waals surface area contributed by atoms with Crippen molar-refractivity contribution in [3.63, 3.8) is 0 Å². The summed E-state index contributed by atoms with van der Waals surface area (Å²) >= 11 is 0. The summed E-state index contributed by atoms with van der Waals surface area (Å²) in [6.07, 6.45) is 0.365. The van der Waals surface area contributed by atoms with E-state index in [0.29, 0.717) is 22.5 Å². The first kappa shape index (κ1) is 19.2. The number of carbonyl (C=O) groups is 2. The summed E-state index contributed by atoms with van der Waals surface area (Å²) in [6, 6.07) is 13.8. The van der Waals surface area contributed by atoms with Gasteiger partial charge in [-0.25, -0.2) is 4.79 Å². The molecule has 0 saturated heterocycles. The number of aryl methyl sites for hydroxylation is 1. The Balaban J connectivity index is 1.72. The second-order valence-electron chi connectivity index (χ2n) is 6.16. The molecule has 0 atom stereocenters. The van der Waals surface area contributed by atoms with Crippen molar-refractivity contribution in [3.8, 4) is 5.75 Å². The first-order valence-corrected chi connectivity index (χ1v) is 8.69. The minimum atomic E-state index is -0.530. The van der Waals surface area contributed by atoms with Crippen LogP contribution in [0.4, 0.5) is 5.69 Å². The van der Waals surface area contributed by atoms with Gasteiger partial charge in [0.25, 0.3) is 5.56 Å². The van der Waals surface area contributed by atoms with Crippen LogP contribution in [-0.2, 0) is 16.0 Å². The lowest BCUT2D eigenvalue weighted by Gasteiger charge is -2.10. The molecule has 0 bridgehead atoms. The van der Waals surface area contributed by atoms with Gasteiger partial charge in [-0.05, 0) is 42.1 Å². The molecule has 0 aliphatic heterocycles. The Labute approximate surface area is 161 Å². The van der Waals surface area contributed by atoms with Gasteiger partial charge in [0.1, 0.15) is 5.75 Å². The second-order valence-corrected chi connectivity index (χ2v) is 6.16. The van der Waals surface area contributed by atoms with Crippen molar-refractivity contribution in [2.24, 2.45) is 0 Å². The number of pyridine rings is 1. The number of ether oxygens (including phenoxy) is 2. The zero-order chi connectivity index (χ0) is 20.1. The van der Waals surface area contributed by atoms with Gasteiger partial charge in [-0.2, -0.15) is 0 Å². The Morgan fingerprint density at radius 2 is 1.86 bits per heavy atom. The highest BCUT2D eigenvalue weighted by atomic mass is 16.5. The zero-order valence-corrected chi connectivity index (χ0v) is 15.6. The number of carbonyl (C=O) groups excluding carboxylic acids is 2. The van der Waals surface area contributed by atoms with Gasteiger partial charge in [-0.15, -0.1) is 0 Å². The van der Waals surface area contributed by atoms with E-state index in [1.807, 2.05) is 6.07 Å². The molecule has 1 amide bonds. The molecular formula is C21H20N2O5. The number of aromatic amines is 1. The van der Waals surface area contributed by atoms with Gasteiger partial charge in [0.2, 0.25) is 5.91 Å². The van der Waals surface area contributed by atoms with E-state index in [1.54, 1.807) is 49.6 Å². The first-order valence-electron chi connectivity index (χ1n) is 8.69. The number of esters is 1. The number of nitrogens with one attached hydrogen (secondary N) is 2. The average molecular weight is 380 g/mol. The lowest BCUT2D eigenvalue weighted by molar-refractivity contribution is -0.116. The molecule has 2 aromatic carbocycles. The van der Waals surface area contributed by atoms with Crippen molar-refractivity contribution in [3.05, 3.63) is 70.0 Å². The highest BCUT2D eigenvalue weighted by Gasteiger charge is 2.14. The Morgan fingerprint density at radius 1 is 1.07 bits per heavy atom. The van der Waals surface area contributed by atoms with Crippen LogP contribution in [0.2, 0.25) is 0 Å². The Kier molecular flexibility index (Phi) is 5.74. The predicted molar refractivity (Wildman–Crippen MR) is 106 cm³/mol. The van der Waals surface area contributed by atoms with E-state index >= 15 is 0 Å². The number of rotatable bonds is 6. The van der Waals surface area contributed by atoms with E-state index in [0.717, 1.165) is 5.39 Å². The van der Waals surface area contributed by atoms with Crippen LogP contribution >= 0.6 is 0 Å². The number of hydrogen-bond acceptors (Lipinski definition) is 5. The summed E-state index contributed by atoms with van der Waals surface area (Å²) in [5.41, 5.74) is 1.58. The molecule has 0 aliphatic carbocycles. The number of fused-ring (bicyclic) bond motifs is 1. The van der Waals surface area contributed by atoms with Gasteiger partial charge in [-0.1, -0.05) is 12.1 Å². The smallest absolute Gasteiger partial charge is 0.339 e. The molecule has 0 saturated carbocycles. The summed E-state index contributed by atoms with van der Waals surface area (Å²) in [6.45, 7) is 0. The highest BCUT2D eigenvalue weighted by Crippen LogP contribution is 2.19. The van der Waals surface area contributed by atoms with Crippen LogP contribution in [0.1, 0.15) is 22.3 Å². The van der Waals surface area contributed by atoms with Crippen molar-refractivity contribution in [2.45, 2.75) is 12.8 Å². The summed E-state index contributed by atoms with van der Waals surface area (Å²) in [7, 11) is 2.84. The van der Waals surface area contributed by atoms with Crippen LogP contribution in [0.15, 0.2) is 53.3 Å². The number of aromatic nitrogens is 1. The molecule has 1 aromatic heterocycles. The zero-order valence-electron chi connectivity index (χ0n) is 15.6. The summed E-state index contributed by atoms with van der Waals surface area (Å²) in [4.78, 5) is 39.2. The van der Waals surface area contributed by atoms with E-state index in [9.17, 15) is 14.4 Å². The van der Waals surface area contributed by atoms with Crippen molar-refractivity contribution in [1.82, 2.24) is 4.98 Å². The third kappa shape index (κ3) is 4.20. The van der Waals surface area contributed by atoms with Crippen LogP contribution in [-0.4, -0.2) is 31.1 Å². The minimum Gasteiger partial charge on any atom is -0.497 e. The molecule has 3 aromatic rings. The number of benzene rings is 2. The second kappa shape index (κ2) is 8.39. The Hall–Kier alpha value is -3.61. The van der Waals surface area contributed by atoms with Crippen molar-refractivity contribution >= 4 is 28.5 Å². The van der Waals surface area contributed by atoms with Gasteiger partial charge in [-0.3, -0.25) is 9.59 Å². The first-order chi connectivity index (χ1) is 13.5. The molecule has 0 aliphatic rings. The van der Waals surface area contributed by atoms with Crippen molar-refractivity contribution < 1.29 is 19.1 Å². The number of H-pyrrole nitrogens is 1. The maximum atomic E-state index is 12.3. The maximum absolute atomic E-state index is 12.3. The predicted octanol–water partition coefficient (Wildman–Crippen LogP) is 2.89. The largest absolute Gasteiger partial charge is 0.497 e. The van der Waals surface area contributed by atoms with Gasteiger partial charge in [0.15, 0.2) is 0 Å². The molecule has 0 spiro atoms. The molecule has 0 radical (unpaired) electrons. The van der Waals surface area contributed by atoms with E-state index in [1.165, 1.54) is 7.11 Å². The van der Waals surface area contributed by atoms with Gasteiger partial charge < -0.3 is 19.8 Å². The Bertz CT molecular complexity index is 1090. The quantitative estimate of drug-likeness (QED) is 0.641. The molecule has 144 valence electrons. The SMILES string of the molecule is COC(=O)c1ccccc1NC(=O)CCc1cc2ccc(OC)cc2[nH]c1=O. The van der Waals surface area contributed by atoms with E-state index < -0.39 is 5.97 Å². The molecule has 1 heterocycles. The van der Waals surface area contributed by atoms with Crippen LogP contribution < -0.4 is 15.6 Å². The highest BCUT2D eigenvalue weighted by molar-refractivity contribution is 6.01. The van der Waals surface area contributed by atoms with E-state index in [-0.39, 0.29) is 29.9 Å². The third-order valence-corrected chi connectivity index (χ3v) is 4.36. The number of hydrogen-bond donors (Lipinski definition) is 2. The fourth-order valence-electron chi connectivity index (χ4n) is 2.88. The molecule has 28 heavy (non-hydrogen) atoms. The van der Waals surface area contributed by atoms with E-state index in [2.05, 4.69) is 10.3 Å². The Morgan fingerprint density at radius 3 is 2.61 bits per heavy atom. The van der Waals surface area contributed by atoms with Crippen molar-refractivity contribution in [1.29, 1.82) is 0 Å². The number of methoxy groups -OCH3 is 2. The van der Waals surface area contributed by atoms with E-state index in [4.69, 9.17) is 9.47 Å². The molecule has 7 heteroatoms. The fourth-order valence-corrected chi connectivity index (χ4v) is 2.88. The van der Waals surface area contributed by atoms with Gasteiger partial charge in [0.05, 0.1) is 31.0 Å². The third-order valence-electron chi connectivity index (χ3n) is 4.36. The molecule has 0 fully saturated rings. The normalized spacial score (nSPS) is 10.5. The summed E-state index contributed by atoms with van der Waals surface area (Å²) < 4.78 is 9.87. The number of amides is 1. The van der Waals surface area contributed by atoms with Gasteiger partial charge >= 0.3 is 5.97 Å². The fraction of sp³-hybridized carbons (Fsp3) is 0.190.